The Balaban J connectivity index is 1.63. The first kappa shape index (κ1) is 16.4. The summed E-state index contributed by atoms with van der Waals surface area (Å²) in [4.78, 5) is 14.6. The van der Waals surface area contributed by atoms with Crippen molar-refractivity contribution < 1.29 is 9.32 Å². The van der Waals surface area contributed by atoms with Crippen molar-refractivity contribution in [3.63, 3.8) is 0 Å². The maximum absolute atomic E-state index is 12.8. The van der Waals surface area contributed by atoms with Gasteiger partial charge in [0.25, 0.3) is 5.91 Å². The van der Waals surface area contributed by atoms with E-state index in [1.807, 2.05) is 53.4 Å². The van der Waals surface area contributed by atoms with E-state index in [1.165, 1.54) is 0 Å². The number of benzene rings is 2. The molecule has 3 aromatic rings. The fourth-order valence-electron chi connectivity index (χ4n) is 3.02. The molecular weight excluding hydrogens is 404 g/mol. The van der Waals surface area contributed by atoms with Crippen LogP contribution in [0.2, 0.25) is 5.02 Å². The molecule has 6 heteroatoms. The van der Waals surface area contributed by atoms with Crippen LogP contribution in [0.3, 0.4) is 0 Å². The van der Waals surface area contributed by atoms with Gasteiger partial charge in [0.15, 0.2) is 5.76 Å². The number of carbonyl (C=O) groups is 1. The molecule has 1 aromatic heterocycles. The van der Waals surface area contributed by atoms with E-state index in [1.54, 1.807) is 0 Å². The van der Waals surface area contributed by atoms with Gasteiger partial charge in [-0.25, -0.2) is 0 Å². The van der Waals surface area contributed by atoms with Gasteiger partial charge in [0, 0.05) is 39.2 Å². The summed E-state index contributed by atoms with van der Waals surface area (Å²) in [5, 5.41) is 4.85. The van der Waals surface area contributed by atoms with Crippen LogP contribution in [-0.2, 0) is 13.0 Å². The van der Waals surface area contributed by atoms with Crippen LogP contribution < -0.4 is 0 Å². The monoisotopic (exact) mass is 416 g/mol. The number of nitrogens with zero attached hydrogens (tertiary/aromatic N) is 2. The highest BCUT2D eigenvalue weighted by atomic mass is 79.9. The first-order valence-corrected chi connectivity index (χ1v) is 9.07. The summed E-state index contributed by atoms with van der Waals surface area (Å²) in [6.07, 6.45) is 0.687. The van der Waals surface area contributed by atoms with Crippen LogP contribution in [0.15, 0.2) is 57.5 Å². The summed E-state index contributed by atoms with van der Waals surface area (Å²) in [7, 11) is 0. The van der Waals surface area contributed by atoms with Gasteiger partial charge >= 0.3 is 0 Å². The third-order valence-corrected chi connectivity index (χ3v) is 5.05. The quantitative estimate of drug-likeness (QED) is 0.592. The number of aromatic nitrogens is 1. The lowest BCUT2D eigenvalue weighted by Crippen LogP contribution is -2.35. The van der Waals surface area contributed by atoms with E-state index in [0.29, 0.717) is 35.9 Å². The SMILES string of the molecule is O=C(c1cccc(Br)c1)N1CCc2noc(-c3ccc(Cl)cc3)c2C1. The second kappa shape index (κ2) is 6.65. The van der Waals surface area contributed by atoms with Crippen LogP contribution in [0.4, 0.5) is 0 Å². The summed E-state index contributed by atoms with van der Waals surface area (Å²) in [5.41, 5.74) is 3.47. The number of carbonyl (C=O) groups excluding carboxylic acids is 1. The highest BCUT2D eigenvalue weighted by molar-refractivity contribution is 9.10. The van der Waals surface area contributed by atoms with Gasteiger partial charge in [0.2, 0.25) is 0 Å². The Bertz CT molecular complexity index is 937. The predicted octanol–water partition coefficient (Wildman–Crippen LogP) is 4.96. The lowest BCUT2D eigenvalue weighted by Gasteiger charge is -2.26. The standard InChI is InChI=1S/C19H14BrClN2O2/c20-14-3-1-2-13(10-14)19(24)23-9-8-17-16(11-23)18(25-22-17)12-4-6-15(21)7-5-12/h1-7,10H,8-9,11H2. The second-order valence-electron chi connectivity index (χ2n) is 5.93. The van der Waals surface area contributed by atoms with Crippen LogP contribution in [0.5, 0.6) is 0 Å². The zero-order valence-electron chi connectivity index (χ0n) is 13.2. The van der Waals surface area contributed by atoms with E-state index < -0.39 is 0 Å². The highest BCUT2D eigenvalue weighted by Crippen LogP contribution is 2.31. The number of hydrogen-bond donors (Lipinski definition) is 0. The average molecular weight is 418 g/mol. The van der Waals surface area contributed by atoms with E-state index in [-0.39, 0.29) is 5.91 Å². The van der Waals surface area contributed by atoms with E-state index in [0.717, 1.165) is 21.3 Å². The number of rotatable bonds is 2. The molecule has 1 aliphatic heterocycles. The Morgan fingerprint density at radius 3 is 2.76 bits per heavy atom. The minimum atomic E-state index is 0.00945. The Labute approximate surface area is 158 Å². The molecule has 0 spiro atoms. The van der Waals surface area contributed by atoms with Crippen molar-refractivity contribution in [3.05, 3.63) is 74.8 Å². The van der Waals surface area contributed by atoms with Crippen molar-refractivity contribution in [2.45, 2.75) is 13.0 Å². The number of amides is 1. The fourth-order valence-corrected chi connectivity index (χ4v) is 3.54. The molecule has 0 atom stereocenters. The maximum atomic E-state index is 12.8. The van der Waals surface area contributed by atoms with Crippen molar-refractivity contribution >= 4 is 33.4 Å². The summed E-state index contributed by atoms with van der Waals surface area (Å²) < 4.78 is 6.45. The number of fused-ring (bicyclic) bond motifs is 1. The second-order valence-corrected chi connectivity index (χ2v) is 7.28. The molecule has 0 unspecified atom stereocenters. The van der Waals surface area contributed by atoms with Crippen molar-refractivity contribution in [1.29, 1.82) is 0 Å². The molecular formula is C19H14BrClN2O2. The first-order valence-electron chi connectivity index (χ1n) is 7.90. The Morgan fingerprint density at radius 1 is 1.20 bits per heavy atom. The van der Waals surface area contributed by atoms with Gasteiger partial charge in [0.05, 0.1) is 12.2 Å². The predicted molar refractivity (Wildman–Crippen MR) is 99.5 cm³/mol. The first-order chi connectivity index (χ1) is 12.1. The average Bonchev–Trinajstić information content (AvgIpc) is 3.05. The van der Waals surface area contributed by atoms with E-state index >= 15 is 0 Å². The van der Waals surface area contributed by atoms with E-state index in [2.05, 4.69) is 21.1 Å². The van der Waals surface area contributed by atoms with Crippen molar-refractivity contribution in [3.8, 4) is 11.3 Å². The minimum Gasteiger partial charge on any atom is -0.356 e. The van der Waals surface area contributed by atoms with Gasteiger partial charge in [-0.2, -0.15) is 0 Å². The molecule has 0 saturated carbocycles. The van der Waals surface area contributed by atoms with Crippen LogP contribution in [0, 0.1) is 0 Å². The molecule has 0 bridgehead atoms. The zero-order chi connectivity index (χ0) is 17.4. The maximum Gasteiger partial charge on any atom is 0.254 e. The smallest absolute Gasteiger partial charge is 0.254 e. The van der Waals surface area contributed by atoms with Gasteiger partial charge in [-0.15, -0.1) is 0 Å². The molecule has 2 aromatic carbocycles. The molecule has 0 fully saturated rings. The molecule has 2 heterocycles. The van der Waals surface area contributed by atoms with Gasteiger partial charge in [0.1, 0.15) is 0 Å². The third-order valence-electron chi connectivity index (χ3n) is 4.30. The lowest BCUT2D eigenvalue weighted by atomic mass is 10.0. The number of halogens is 2. The van der Waals surface area contributed by atoms with Crippen LogP contribution in [0.25, 0.3) is 11.3 Å². The van der Waals surface area contributed by atoms with Gasteiger partial charge in [-0.05, 0) is 42.5 Å². The van der Waals surface area contributed by atoms with Gasteiger partial charge in [-0.1, -0.05) is 38.8 Å². The molecule has 126 valence electrons. The summed E-state index contributed by atoms with van der Waals surface area (Å²) in [6, 6.07) is 14.9. The largest absolute Gasteiger partial charge is 0.356 e. The fraction of sp³-hybridized carbons (Fsp3) is 0.158. The normalized spacial score (nSPS) is 13.6. The van der Waals surface area contributed by atoms with E-state index in [9.17, 15) is 4.79 Å². The van der Waals surface area contributed by atoms with E-state index in [4.69, 9.17) is 16.1 Å². The molecule has 0 saturated heterocycles. The lowest BCUT2D eigenvalue weighted by molar-refractivity contribution is 0.0734. The van der Waals surface area contributed by atoms with Crippen molar-refractivity contribution in [2.75, 3.05) is 6.54 Å². The van der Waals surface area contributed by atoms with Gasteiger partial charge < -0.3 is 9.42 Å². The van der Waals surface area contributed by atoms with Crippen molar-refractivity contribution in [1.82, 2.24) is 10.1 Å². The van der Waals surface area contributed by atoms with Gasteiger partial charge in [-0.3, -0.25) is 4.79 Å². The molecule has 25 heavy (non-hydrogen) atoms. The topological polar surface area (TPSA) is 46.3 Å². The minimum absolute atomic E-state index is 0.00945. The Hall–Kier alpha value is -2.11. The molecule has 1 aliphatic rings. The Kier molecular flexibility index (Phi) is 4.36. The van der Waals surface area contributed by atoms with Crippen LogP contribution in [0.1, 0.15) is 21.6 Å². The summed E-state index contributed by atoms with van der Waals surface area (Å²) in [6.45, 7) is 1.12. The third kappa shape index (κ3) is 3.22. The Morgan fingerprint density at radius 2 is 2.00 bits per heavy atom. The zero-order valence-corrected chi connectivity index (χ0v) is 15.5. The molecule has 1 amide bonds. The molecule has 4 rings (SSSR count). The summed E-state index contributed by atoms with van der Waals surface area (Å²) >= 11 is 9.37. The molecule has 4 nitrogen and oxygen atoms in total. The van der Waals surface area contributed by atoms with Crippen molar-refractivity contribution in [2.24, 2.45) is 0 Å². The molecule has 0 radical (unpaired) electrons. The van der Waals surface area contributed by atoms with Crippen LogP contribution >= 0.6 is 27.5 Å². The number of hydrogen-bond acceptors (Lipinski definition) is 3. The molecule has 0 N–H and O–H groups in total. The highest BCUT2D eigenvalue weighted by Gasteiger charge is 2.28. The molecule has 0 aliphatic carbocycles. The summed E-state index contributed by atoms with van der Waals surface area (Å²) in [5.74, 6) is 0.716. The van der Waals surface area contributed by atoms with Crippen LogP contribution in [-0.4, -0.2) is 22.5 Å².